The molecule has 0 bridgehead atoms. The highest BCUT2D eigenvalue weighted by Crippen LogP contribution is 2.30. The minimum absolute atomic E-state index is 0.199. The summed E-state index contributed by atoms with van der Waals surface area (Å²) in [5.41, 5.74) is 2.19. The lowest BCUT2D eigenvalue weighted by molar-refractivity contribution is -0.137. The number of aliphatic carboxylic acids is 1. The van der Waals surface area contributed by atoms with Gasteiger partial charge in [0.05, 0.1) is 0 Å². The molecule has 0 unspecified atom stereocenters. The third-order valence-electron chi connectivity index (χ3n) is 3.30. The van der Waals surface area contributed by atoms with Crippen LogP contribution in [0, 0.1) is 0 Å². The zero-order chi connectivity index (χ0) is 13.6. The lowest BCUT2D eigenvalue weighted by Gasteiger charge is -2.15. The standard InChI is InChI=1S/C13H11BrN2O3/c14-7-1-2-10-9(5-7)8-3-4-15-13(19)12(8)16(10)6-11(17)18/h1-2,5H,3-4,6H2,(H,15,19)(H,17,18). The second kappa shape index (κ2) is 4.38. The summed E-state index contributed by atoms with van der Waals surface area (Å²) in [4.78, 5) is 23.0. The van der Waals surface area contributed by atoms with Gasteiger partial charge in [0.15, 0.2) is 0 Å². The fourth-order valence-electron chi connectivity index (χ4n) is 2.59. The minimum Gasteiger partial charge on any atom is -0.480 e. The molecule has 1 aliphatic rings. The molecule has 3 rings (SSSR count). The summed E-state index contributed by atoms with van der Waals surface area (Å²) in [6.45, 7) is 0.380. The summed E-state index contributed by atoms with van der Waals surface area (Å²) in [5, 5.41) is 12.7. The maximum Gasteiger partial charge on any atom is 0.323 e. The monoisotopic (exact) mass is 322 g/mol. The van der Waals surface area contributed by atoms with Crippen LogP contribution in [0.4, 0.5) is 0 Å². The van der Waals surface area contributed by atoms with Gasteiger partial charge in [-0.2, -0.15) is 0 Å². The number of carbonyl (C=O) groups excluding carboxylic acids is 1. The van der Waals surface area contributed by atoms with Crippen molar-refractivity contribution in [2.45, 2.75) is 13.0 Å². The van der Waals surface area contributed by atoms with Gasteiger partial charge in [0.1, 0.15) is 12.2 Å². The number of amides is 1. The van der Waals surface area contributed by atoms with Crippen molar-refractivity contribution in [2.75, 3.05) is 6.54 Å². The van der Waals surface area contributed by atoms with Crippen LogP contribution in [0.2, 0.25) is 0 Å². The maximum absolute atomic E-state index is 12.0. The van der Waals surface area contributed by atoms with Gasteiger partial charge >= 0.3 is 5.97 Å². The zero-order valence-corrected chi connectivity index (χ0v) is 11.5. The SMILES string of the molecule is O=C(O)Cn1c2c(c3cc(Br)ccc31)CCNC2=O. The molecule has 0 saturated heterocycles. The van der Waals surface area contributed by atoms with Crippen molar-refractivity contribution in [1.82, 2.24) is 9.88 Å². The fraction of sp³-hybridized carbons (Fsp3) is 0.231. The van der Waals surface area contributed by atoms with Crippen LogP contribution in [0.15, 0.2) is 22.7 Å². The molecule has 98 valence electrons. The first-order valence-corrected chi connectivity index (χ1v) is 6.68. The average molecular weight is 323 g/mol. The van der Waals surface area contributed by atoms with Gasteiger partial charge in [-0.25, -0.2) is 0 Å². The van der Waals surface area contributed by atoms with Crippen LogP contribution in [0.5, 0.6) is 0 Å². The predicted octanol–water partition coefficient (Wildman–Crippen LogP) is 1.77. The molecule has 0 saturated carbocycles. The molecule has 1 aromatic heterocycles. The summed E-state index contributed by atoms with van der Waals surface area (Å²) < 4.78 is 2.50. The Morgan fingerprint density at radius 1 is 1.47 bits per heavy atom. The van der Waals surface area contributed by atoms with E-state index in [0.717, 1.165) is 27.4 Å². The summed E-state index contributed by atoms with van der Waals surface area (Å²) in [6, 6.07) is 5.63. The van der Waals surface area contributed by atoms with Gasteiger partial charge in [-0.05, 0) is 30.2 Å². The van der Waals surface area contributed by atoms with Gasteiger partial charge in [0.2, 0.25) is 0 Å². The third kappa shape index (κ3) is 1.92. The van der Waals surface area contributed by atoms with E-state index in [9.17, 15) is 9.59 Å². The molecular formula is C13H11BrN2O3. The van der Waals surface area contributed by atoms with E-state index in [-0.39, 0.29) is 12.5 Å². The maximum atomic E-state index is 12.0. The second-order valence-electron chi connectivity index (χ2n) is 4.47. The van der Waals surface area contributed by atoms with E-state index >= 15 is 0 Å². The first-order valence-electron chi connectivity index (χ1n) is 5.88. The fourth-order valence-corrected chi connectivity index (χ4v) is 2.95. The summed E-state index contributed by atoms with van der Waals surface area (Å²) >= 11 is 3.41. The number of carboxylic acid groups (broad SMARTS) is 1. The zero-order valence-electron chi connectivity index (χ0n) is 9.94. The molecule has 0 fully saturated rings. The molecule has 2 N–H and O–H groups in total. The van der Waals surface area contributed by atoms with Gasteiger partial charge in [-0.3, -0.25) is 9.59 Å². The predicted molar refractivity (Wildman–Crippen MR) is 73.3 cm³/mol. The highest BCUT2D eigenvalue weighted by molar-refractivity contribution is 9.10. The Kier molecular flexibility index (Phi) is 2.82. The molecule has 0 aliphatic carbocycles. The van der Waals surface area contributed by atoms with Crippen LogP contribution in [0.25, 0.3) is 10.9 Å². The molecule has 19 heavy (non-hydrogen) atoms. The lowest BCUT2D eigenvalue weighted by atomic mass is 10.0. The number of hydrogen-bond donors (Lipinski definition) is 2. The average Bonchev–Trinajstić information content (AvgIpc) is 2.64. The van der Waals surface area contributed by atoms with E-state index in [1.807, 2.05) is 18.2 Å². The number of carboxylic acids is 1. The summed E-state index contributed by atoms with van der Waals surface area (Å²) in [7, 11) is 0. The Hall–Kier alpha value is -1.82. The van der Waals surface area contributed by atoms with E-state index in [2.05, 4.69) is 21.2 Å². The number of rotatable bonds is 2. The number of nitrogens with one attached hydrogen (secondary N) is 1. The number of halogens is 1. The molecular weight excluding hydrogens is 312 g/mol. The van der Waals surface area contributed by atoms with E-state index in [4.69, 9.17) is 5.11 Å². The normalized spacial score (nSPS) is 14.3. The van der Waals surface area contributed by atoms with Gasteiger partial charge in [0.25, 0.3) is 5.91 Å². The number of hydrogen-bond acceptors (Lipinski definition) is 2. The molecule has 1 aliphatic heterocycles. The Morgan fingerprint density at radius 3 is 3.00 bits per heavy atom. The van der Waals surface area contributed by atoms with Crippen molar-refractivity contribution in [3.05, 3.63) is 33.9 Å². The first kappa shape index (κ1) is 12.2. The van der Waals surface area contributed by atoms with E-state index in [1.54, 1.807) is 4.57 Å². The third-order valence-corrected chi connectivity index (χ3v) is 3.79. The highest BCUT2D eigenvalue weighted by Gasteiger charge is 2.26. The Morgan fingerprint density at radius 2 is 2.26 bits per heavy atom. The quantitative estimate of drug-likeness (QED) is 0.885. The highest BCUT2D eigenvalue weighted by atomic mass is 79.9. The van der Waals surface area contributed by atoms with Crippen LogP contribution in [-0.2, 0) is 17.8 Å². The van der Waals surface area contributed by atoms with E-state index < -0.39 is 5.97 Å². The van der Waals surface area contributed by atoms with Crippen molar-refractivity contribution in [3.8, 4) is 0 Å². The Labute approximate surface area is 117 Å². The number of benzene rings is 1. The molecule has 1 amide bonds. The van der Waals surface area contributed by atoms with Gasteiger partial charge in [0, 0.05) is 21.9 Å². The van der Waals surface area contributed by atoms with Gasteiger partial charge < -0.3 is 15.0 Å². The molecule has 0 atom stereocenters. The van der Waals surface area contributed by atoms with Crippen molar-refractivity contribution < 1.29 is 14.7 Å². The lowest BCUT2D eigenvalue weighted by Crippen LogP contribution is -2.33. The Bertz CT molecular complexity index is 705. The molecule has 2 aromatic rings. The molecule has 1 aromatic carbocycles. The second-order valence-corrected chi connectivity index (χ2v) is 5.39. The minimum atomic E-state index is -0.957. The molecule has 0 spiro atoms. The molecule has 6 heteroatoms. The van der Waals surface area contributed by atoms with Crippen LogP contribution in [0.1, 0.15) is 16.1 Å². The molecule has 0 radical (unpaired) electrons. The topological polar surface area (TPSA) is 71.3 Å². The van der Waals surface area contributed by atoms with Crippen LogP contribution < -0.4 is 5.32 Å². The number of fused-ring (bicyclic) bond motifs is 3. The van der Waals surface area contributed by atoms with Gasteiger partial charge in [-0.15, -0.1) is 0 Å². The van der Waals surface area contributed by atoms with E-state index in [0.29, 0.717) is 12.2 Å². The number of carbonyl (C=O) groups is 2. The largest absolute Gasteiger partial charge is 0.480 e. The molecule has 2 heterocycles. The van der Waals surface area contributed by atoms with E-state index in [1.165, 1.54) is 0 Å². The van der Waals surface area contributed by atoms with Crippen LogP contribution in [-0.4, -0.2) is 28.1 Å². The van der Waals surface area contributed by atoms with Crippen molar-refractivity contribution in [1.29, 1.82) is 0 Å². The van der Waals surface area contributed by atoms with Crippen molar-refractivity contribution >= 4 is 38.7 Å². The van der Waals surface area contributed by atoms with Crippen LogP contribution in [0.3, 0.4) is 0 Å². The Balaban J connectivity index is 2.35. The summed E-state index contributed by atoms with van der Waals surface area (Å²) in [6.07, 6.45) is 0.723. The first-order chi connectivity index (χ1) is 9.08. The smallest absolute Gasteiger partial charge is 0.323 e. The van der Waals surface area contributed by atoms with Crippen LogP contribution >= 0.6 is 15.9 Å². The van der Waals surface area contributed by atoms with Gasteiger partial charge in [-0.1, -0.05) is 15.9 Å². The number of nitrogens with zero attached hydrogens (tertiary/aromatic N) is 1. The summed E-state index contributed by atoms with van der Waals surface area (Å²) in [5.74, 6) is -1.16. The number of aromatic nitrogens is 1. The van der Waals surface area contributed by atoms with Crippen molar-refractivity contribution in [3.63, 3.8) is 0 Å². The molecule has 5 nitrogen and oxygen atoms in total. The van der Waals surface area contributed by atoms with Crippen molar-refractivity contribution in [2.24, 2.45) is 0 Å².